The average Bonchev–Trinajstić information content (AvgIpc) is 2.39. The normalized spacial score (nSPS) is 10.4. The lowest BCUT2D eigenvalue weighted by Crippen LogP contribution is -2.18. The van der Waals surface area contributed by atoms with Crippen LogP contribution in [0.2, 0.25) is 0 Å². The van der Waals surface area contributed by atoms with Gasteiger partial charge in [0, 0.05) is 20.1 Å². The van der Waals surface area contributed by atoms with E-state index in [4.69, 9.17) is 5.73 Å². The number of aryl methyl sites for hydroxylation is 1. The van der Waals surface area contributed by atoms with Crippen molar-refractivity contribution in [2.45, 2.75) is 20.0 Å². The molecule has 94 valence electrons. The Labute approximate surface area is 107 Å². The number of anilines is 1. The largest absolute Gasteiger partial charge is 0.354 e. The molecule has 0 amide bonds. The fourth-order valence-electron chi connectivity index (χ4n) is 1.77. The van der Waals surface area contributed by atoms with Crippen LogP contribution in [0.5, 0.6) is 0 Å². The van der Waals surface area contributed by atoms with Crippen molar-refractivity contribution in [1.82, 2.24) is 10.2 Å². The minimum atomic E-state index is 0.583. The van der Waals surface area contributed by atoms with Gasteiger partial charge in [0.1, 0.15) is 0 Å². The molecule has 1 aromatic heterocycles. The third kappa shape index (κ3) is 3.05. The van der Waals surface area contributed by atoms with Crippen molar-refractivity contribution in [1.29, 1.82) is 0 Å². The molecule has 0 saturated heterocycles. The third-order valence-corrected chi connectivity index (χ3v) is 2.85. The van der Waals surface area contributed by atoms with Gasteiger partial charge in [0.15, 0.2) is 5.82 Å². The zero-order valence-corrected chi connectivity index (χ0v) is 10.8. The van der Waals surface area contributed by atoms with E-state index < -0.39 is 0 Å². The summed E-state index contributed by atoms with van der Waals surface area (Å²) in [6.45, 7) is 3.41. The molecule has 0 aliphatic carbocycles. The summed E-state index contributed by atoms with van der Waals surface area (Å²) in [4.78, 5) is 2.08. The number of hydrogen-bond donors (Lipinski definition) is 1. The highest BCUT2D eigenvalue weighted by molar-refractivity contribution is 5.39. The topological polar surface area (TPSA) is 55.0 Å². The van der Waals surface area contributed by atoms with Crippen molar-refractivity contribution in [3.63, 3.8) is 0 Å². The van der Waals surface area contributed by atoms with Crippen LogP contribution in [0.15, 0.2) is 36.5 Å². The van der Waals surface area contributed by atoms with Crippen LogP contribution in [0.4, 0.5) is 5.82 Å². The van der Waals surface area contributed by atoms with Gasteiger partial charge in [-0.15, -0.1) is 5.10 Å². The second kappa shape index (κ2) is 5.60. The number of nitrogens with zero attached hydrogens (tertiary/aromatic N) is 3. The van der Waals surface area contributed by atoms with Gasteiger partial charge < -0.3 is 10.6 Å². The van der Waals surface area contributed by atoms with Gasteiger partial charge in [0.25, 0.3) is 0 Å². The van der Waals surface area contributed by atoms with E-state index in [-0.39, 0.29) is 0 Å². The number of rotatable bonds is 4. The standard InChI is InChI=1S/C14H18N4/c1-11-7-14(17-16-9-11)18(2)10-13-5-3-12(8-15)4-6-13/h3-7,9H,8,10,15H2,1-2H3. The maximum absolute atomic E-state index is 5.58. The SMILES string of the molecule is Cc1cnnc(N(C)Cc2ccc(CN)cc2)c1. The van der Waals surface area contributed by atoms with E-state index in [1.54, 1.807) is 6.20 Å². The predicted octanol–water partition coefficient (Wildman–Crippen LogP) is 1.88. The van der Waals surface area contributed by atoms with Gasteiger partial charge >= 0.3 is 0 Å². The zero-order chi connectivity index (χ0) is 13.0. The highest BCUT2D eigenvalue weighted by atomic mass is 15.2. The van der Waals surface area contributed by atoms with Crippen molar-refractivity contribution in [2.24, 2.45) is 5.73 Å². The molecular formula is C14H18N4. The predicted molar refractivity (Wildman–Crippen MR) is 73.2 cm³/mol. The third-order valence-electron chi connectivity index (χ3n) is 2.85. The lowest BCUT2D eigenvalue weighted by molar-refractivity contribution is 0.861. The summed E-state index contributed by atoms with van der Waals surface area (Å²) in [6.07, 6.45) is 1.76. The Kier molecular flexibility index (Phi) is 3.89. The van der Waals surface area contributed by atoms with Gasteiger partial charge in [0.05, 0.1) is 6.20 Å². The first-order valence-corrected chi connectivity index (χ1v) is 5.97. The molecule has 0 radical (unpaired) electrons. The van der Waals surface area contributed by atoms with Crippen molar-refractivity contribution >= 4 is 5.82 Å². The Hall–Kier alpha value is -1.94. The Morgan fingerprint density at radius 2 is 1.83 bits per heavy atom. The maximum Gasteiger partial charge on any atom is 0.151 e. The van der Waals surface area contributed by atoms with Crippen LogP contribution in [0.25, 0.3) is 0 Å². The highest BCUT2D eigenvalue weighted by Gasteiger charge is 2.04. The molecule has 0 aliphatic heterocycles. The van der Waals surface area contributed by atoms with Crippen LogP contribution in [0.3, 0.4) is 0 Å². The summed E-state index contributed by atoms with van der Waals surface area (Å²) in [5.74, 6) is 0.887. The lowest BCUT2D eigenvalue weighted by Gasteiger charge is -2.18. The number of hydrogen-bond acceptors (Lipinski definition) is 4. The van der Waals surface area contributed by atoms with Crippen LogP contribution in [-0.4, -0.2) is 17.2 Å². The van der Waals surface area contributed by atoms with Gasteiger partial charge in [-0.3, -0.25) is 0 Å². The molecular weight excluding hydrogens is 224 g/mol. The second-order valence-electron chi connectivity index (χ2n) is 4.47. The Balaban J connectivity index is 2.08. The van der Waals surface area contributed by atoms with Crippen molar-refractivity contribution in [2.75, 3.05) is 11.9 Å². The van der Waals surface area contributed by atoms with Crippen molar-refractivity contribution in [3.8, 4) is 0 Å². The van der Waals surface area contributed by atoms with Gasteiger partial charge in [-0.25, -0.2) is 0 Å². The molecule has 0 saturated carbocycles. The smallest absolute Gasteiger partial charge is 0.151 e. The van der Waals surface area contributed by atoms with Crippen molar-refractivity contribution < 1.29 is 0 Å². The molecule has 0 aliphatic rings. The monoisotopic (exact) mass is 242 g/mol. The van der Waals surface area contributed by atoms with Crippen LogP contribution in [0.1, 0.15) is 16.7 Å². The summed E-state index contributed by atoms with van der Waals surface area (Å²) in [6, 6.07) is 10.3. The molecule has 0 spiro atoms. The molecule has 0 unspecified atom stereocenters. The Morgan fingerprint density at radius 3 is 2.44 bits per heavy atom. The molecule has 0 fully saturated rings. The number of nitrogens with two attached hydrogens (primary N) is 1. The number of benzene rings is 1. The highest BCUT2D eigenvalue weighted by Crippen LogP contribution is 2.13. The molecule has 2 rings (SSSR count). The molecule has 2 N–H and O–H groups in total. The molecule has 4 nitrogen and oxygen atoms in total. The first kappa shape index (κ1) is 12.5. The van der Waals surface area contributed by atoms with E-state index in [9.17, 15) is 0 Å². The summed E-state index contributed by atoms with van der Waals surface area (Å²) in [5.41, 5.74) is 9.08. The average molecular weight is 242 g/mol. The van der Waals surface area contributed by atoms with Gasteiger partial charge in [-0.2, -0.15) is 5.10 Å². The summed E-state index contributed by atoms with van der Waals surface area (Å²) in [5, 5.41) is 8.09. The molecule has 18 heavy (non-hydrogen) atoms. The van der Waals surface area contributed by atoms with E-state index >= 15 is 0 Å². The van der Waals surface area contributed by atoms with E-state index in [2.05, 4.69) is 39.4 Å². The minimum Gasteiger partial charge on any atom is -0.354 e. The number of aromatic nitrogens is 2. The minimum absolute atomic E-state index is 0.583. The molecule has 1 heterocycles. The lowest BCUT2D eigenvalue weighted by atomic mass is 10.1. The van der Waals surface area contributed by atoms with Crippen molar-refractivity contribution in [3.05, 3.63) is 53.2 Å². The van der Waals surface area contributed by atoms with Crippen LogP contribution >= 0.6 is 0 Å². The maximum atomic E-state index is 5.58. The quantitative estimate of drug-likeness (QED) is 0.889. The summed E-state index contributed by atoms with van der Waals surface area (Å²) in [7, 11) is 2.01. The molecule has 1 aromatic carbocycles. The van der Waals surface area contributed by atoms with Gasteiger partial charge in [-0.1, -0.05) is 24.3 Å². The molecule has 4 heteroatoms. The molecule has 0 atom stereocenters. The van der Waals surface area contributed by atoms with Gasteiger partial charge in [-0.05, 0) is 29.7 Å². The summed E-state index contributed by atoms with van der Waals surface area (Å²) < 4.78 is 0. The van der Waals surface area contributed by atoms with Crippen LogP contribution in [0, 0.1) is 6.92 Å². The first-order chi connectivity index (χ1) is 8.69. The second-order valence-corrected chi connectivity index (χ2v) is 4.47. The van der Waals surface area contributed by atoms with Crippen LogP contribution in [-0.2, 0) is 13.1 Å². The van der Waals surface area contributed by atoms with E-state index in [0.717, 1.165) is 23.5 Å². The van der Waals surface area contributed by atoms with E-state index in [0.29, 0.717) is 6.54 Å². The zero-order valence-electron chi connectivity index (χ0n) is 10.8. The molecule has 0 bridgehead atoms. The Morgan fingerprint density at radius 1 is 1.17 bits per heavy atom. The molecule has 2 aromatic rings. The Bertz CT molecular complexity index is 507. The van der Waals surface area contributed by atoms with Gasteiger partial charge in [0.2, 0.25) is 0 Å². The fourth-order valence-corrected chi connectivity index (χ4v) is 1.77. The summed E-state index contributed by atoms with van der Waals surface area (Å²) >= 11 is 0. The van der Waals surface area contributed by atoms with E-state index in [1.165, 1.54) is 5.56 Å². The fraction of sp³-hybridized carbons (Fsp3) is 0.286. The van der Waals surface area contributed by atoms with E-state index in [1.807, 2.05) is 20.0 Å². The first-order valence-electron chi connectivity index (χ1n) is 5.97. The van der Waals surface area contributed by atoms with Crippen LogP contribution < -0.4 is 10.6 Å².